The van der Waals surface area contributed by atoms with Crippen LogP contribution >= 0.6 is 0 Å². The normalized spacial score (nSPS) is 11.4. The van der Waals surface area contributed by atoms with Crippen molar-refractivity contribution in [3.8, 4) is 5.88 Å². The van der Waals surface area contributed by atoms with Crippen molar-refractivity contribution in [2.45, 2.75) is 33.2 Å². The van der Waals surface area contributed by atoms with Gasteiger partial charge in [0.1, 0.15) is 6.54 Å². The van der Waals surface area contributed by atoms with Gasteiger partial charge in [-0.2, -0.15) is 0 Å². The average Bonchev–Trinajstić information content (AvgIpc) is 2.67. The average molecular weight is 256 g/mol. The smallest absolute Gasteiger partial charge is 0.261 e. The third kappa shape index (κ3) is 2.39. The molecule has 0 saturated heterocycles. The van der Waals surface area contributed by atoms with Crippen LogP contribution < -0.4 is 4.74 Å². The second-order valence-corrected chi connectivity index (χ2v) is 3.70. The van der Waals surface area contributed by atoms with E-state index >= 15 is 0 Å². The molecule has 18 heavy (non-hydrogen) atoms. The zero-order valence-corrected chi connectivity index (χ0v) is 10.2. The van der Waals surface area contributed by atoms with Crippen LogP contribution in [0.5, 0.6) is 5.88 Å². The molecule has 0 amide bonds. The summed E-state index contributed by atoms with van der Waals surface area (Å²) in [6.45, 7) is 3.61. The van der Waals surface area contributed by atoms with Crippen LogP contribution in [0, 0.1) is 0 Å². The van der Waals surface area contributed by atoms with Gasteiger partial charge in [-0.05, 0) is 13.3 Å². The van der Waals surface area contributed by atoms with Crippen LogP contribution in [-0.4, -0.2) is 32.8 Å². The molecule has 0 saturated carbocycles. The predicted octanol–water partition coefficient (Wildman–Crippen LogP) is 2.05. The molecular formula is C11H14F2N4O. The van der Waals surface area contributed by atoms with E-state index < -0.39 is 13.0 Å². The summed E-state index contributed by atoms with van der Waals surface area (Å²) in [4.78, 5) is 8.46. The lowest BCUT2D eigenvalue weighted by molar-refractivity contribution is 0.122. The fourth-order valence-corrected chi connectivity index (χ4v) is 1.61. The molecule has 0 atom stereocenters. The number of aryl methyl sites for hydroxylation is 1. The summed E-state index contributed by atoms with van der Waals surface area (Å²) in [5.74, 6) is 0.253. The molecule has 2 aromatic rings. The lowest BCUT2D eigenvalue weighted by atomic mass is 10.3. The van der Waals surface area contributed by atoms with Gasteiger partial charge in [0.15, 0.2) is 11.2 Å². The highest BCUT2D eigenvalue weighted by Gasteiger charge is 2.17. The van der Waals surface area contributed by atoms with Crippen LogP contribution in [0.3, 0.4) is 0 Å². The number of aromatic nitrogens is 4. The van der Waals surface area contributed by atoms with Crippen molar-refractivity contribution in [3.05, 3.63) is 11.9 Å². The van der Waals surface area contributed by atoms with E-state index in [-0.39, 0.29) is 5.88 Å². The Kier molecular flexibility index (Phi) is 3.69. The molecule has 0 bridgehead atoms. The van der Waals surface area contributed by atoms with E-state index in [1.165, 1.54) is 0 Å². The lowest BCUT2D eigenvalue weighted by Crippen LogP contribution is -2.09. The van der Waals surface area contributed by atoms with Crippen LogP contribution in [0.1, 0.15) is 19.5 Å². The number of halogens is 2. The summed E-state index contributed by atoms with van der Waals surface area (Å²) in [6, 6.07) is 0. The van der Waals surface area contributed by atoms with Crippen LogP contribution in [0.2, 0.25) is 0 Å². The molecule has 2 heterocycles. The first-order chi connectivity index (χ1) is 8.65. The summed E-state index contributed by atoms with van der Waals surface area (Å²) in [7, 11) is 0. The van der Waals surface area contributed by atoms with Gasteiger partial charge in [0, 0.05) is 6.20 Å². The van der Waals surface area contributed by atoms with Gasteiger partial charge < -0.3 is 4.74 Å². The second-order valence-electron chi connectivity index (χ2n) is 3.70. The quantitative estimate of drug-likeness (QED) is 0.821. The molecule has 0 spiro atoms. The highest BCUT2D eigenvalue weighted by atomic mass is 19.3. The molecule has 0 unspecified atom stereocenters. The van der Waals surface area contributed by atoms with Gasteiger partial charge in [0.05, 0.1) is 12.3 Å². The Hall–Kier alpha value is -1.79. The summed E-state index contributed by atoms with van der Waals surface area (Å²) in [5, 5.41) is 3.98. The molecule has 0 fully saturated rings. The lowest BCUT2D eigenvalue weighted by Gasteiger charge is -2.01. The van der Waals surface area contributed by atoms with Gasteiger partial charge in [0.25, 0.3) is 12.3 Å². The van der Waals surface area contributed by atoms with Crippen molar-refractivity contribution >= 4 is 11.2 Å². The van der Waals surface area contributed by atoms with Crippen molar-refractivity contribution in [3.63, 3.8) is 0 Å². The molecular weight excluding hydrogens is 242 g/mol. The first kappa shape index (κ1) is 12.7. The van der Waals surface area contributed by atoms with Crippen molar-refractivity contribution < 1.29 is 13.5 Å². The number of ether oxygens (including phenoxy) is 1. The van der Waals surface area contributed by atoms with E-state index in [0.717, 1.165) is 10.4 Å². The van der Waals surface area contributed by atoms with Crippen LogP contribution in [0.25, 0.3) is 11.2 Å². The maximum atomic E-state index is 12.5. The Labute approximate surface area is 103 Å². The standard InChI is InChI=1S/C11H14F2N4O/c1-3-7-5-14-9-10(15-7)17(6-8(12)13)16-11(9)18-4-2/h5,8H,3-4,6H2,1-2H3. The van der Waals surface area contributed by atoms with E-state index in [4.69, 9.17) is 4.74 Å². The zero-order chi connectivity index (χ0) is 13.1. The van der Waals surface area contributed by atoms with Gasteiger partial charge in [-0.15, -0.1) is 5.10 Å². The van der Waals surface area contributed by atoms with Crippen molar-refractivity contribution in [1.82, 2.24) is 19.7 Å². The molecule has 2 aromatic heterocycles. The van der Waals surface area contributed by atoms with Crippen molar-refractivity contribution in [1.29, 1.82) is 0 Å². The second kappa shape index (κ2) is 5.24. The number of alkyl halides is 2. The summed E-state index contributed by atoms with van der Waals surface area (Å²) >= 11 is 0. The molecule has 2 rings (SSSR count). The molecule has 7 heteroatoms. The minimum atomic E-state index is -2.49. The van der Waals surface area contributed by atoms with Gasteiger partial charge >= 0.3 is 0 Å². The Bertz CT molecular complexity index is 541. The largest absolute Gasteiger partial charge is 0.475 e. The van der Waals surface area contributed by atoms with Crippen LogP contribution in [0.15, 0.2) is 6.20 Å². The van der Waals surface area contributed by atoms with Gasteiger partial charge in [-0.1, -0.05) is 6.92 Å². The number of rotatable bonds is 5. The topological polar surface area (TPSA) is 52.8 Å². The fourth-order valence-electron chi connectivity index (χ4n) is 1.61. The van der Waals surface area contributed by atoms with Gasteiger partial charge in [0.2, 0.25) is 0 Å². The Morgan fingerprint density at radius 3 is 2.78 bits per heavy atom. The molecule has 98 valence electrons. The Balaban J connectivity index is 2.53. The van der Waals surface area contributed by atoms with Crippen molar-refractivity contribution in [2.24, 2.45) is 0 Å². The Morgan fingerprint density at radius 2 is 2.17 bits per heavy atom. The summed E-state index contributed by atoms with van der Waals surface area (Å²) in [5.41, 5.74) is 1.51. The third-order valence-corrected chi connectivity index (χ3v) is 2.42. The molecule has 0 aliphatic heterocycles. The van der Waals surface area contributed by atoms with E-state index in [1.54, 1.807) is 13.1 Å². The minimum absolute atomic E-state index is 0.253. The Morgan fingerprint density at radius 1 is 1.39 bits per heavy atom. The van der Waals surface area contributed by atoms with E-state index in [2.05, 4.69) is 15.1 Å². The first-order valence-corrected chi connectivity index (χ1v) is 5.79. The summed E-state index contributed by atoms with van der Waals surface area (Å²) in [6.07, 6.45) is -0.193. The van der Waals surface area contributed by atoms with Crippen LogP contribution in [-0.2, 0) is 13.0 Å². The molecule has 0 N–H and O–H groups in total. The van der Waals surface area contributed by atoms with Gasteiger partial charge in [-0.25, -0.2) is 23.4 Å². The SMILES string of the molecule is CCOc1nn(CC(F)F)c2nc(CC)cnc12. The highest BCUT2D eigenvalue weighted by molar-refractivity contribution is 5.76. The predicted molar refractivity (Wildman–Crippen MR) is 61.9 cm³/mol. The fraction of sp³-hybridized carbons (Fsp3) is 0.545. The van der Waals surface area contributed by atoms with Gasteiger partial charge in [-0.3, -0.25) is 0 Å². The molecule has 0 aliphatic carbocycles. The van der Waals surface area contributed by atoms with Crippen molar-refractivity contribution in [2.75, 3.05) is 6.61 Å². The maximum absolute atomic E-state index is 12.5. The maximum Gasteiger partial charge on any atom is 0.261 e. The molecule has 0 aromatic carbocycles. The summed E-state index contributed by atoms with van der Waals surface area (Å²) < 4.78 is 31.4. The third-order valence-electron chi connectivity index (χ3n) is 2.42. The van der Waals surface area contributed by atoms with E-state index in [9.17, 15) is 8.78 Å². The number of nitrogens with zero attached hydrogens (tertiary/aromatic N) is 4. The number of hydrogen-bond donors (Lipinski definition) is 0. The van der Waals surface area contributed by atoms with E-state index in [1.807, 2.05) is 6.92 Å². The zero-order valence-electron chi connectivity index (χ0n) is 10.2. The number of fused-ring (bicyclic) bond motifs is 1. The molecule has 0 aliphatic rings. The molecule has 0 radical (unpaired) electrons. The first-order valence-electron chi connectivity index (χ1n) is 5.79. The van der Waals surface area contributed by atoms with E-state index in [0.29, 0.717) is 24.2 Å². The number of hydrogen-bond acceptors (Lipinski definition) is 4. The minimum Gasteiger partial charge on any atom is -0.475 e. The molecule has 5 nitrogen and oxygen atoms in total. The monoisotopic (exact) mass is 256 g/mol. The van der Waals surface area contributed by atoms with Crippen LogP contribution in [0.4, 0.5) is 8.78 Å². The highest BCUT2D eigenvalue weighted by Crippen LogP contribution is 2.22.